The summed E-state index contributed by atoms with van der Waals surface area (Å²) >= 11 is 3.91. The van der Waals surface area contributed by atoms with Crippen molar-refractivity contribution in [3.05, 3.63) is 53.6 Å². The second-order valence-corrected chi connectivity index (χ2v) is 4.45. The second-order valence-electron chi connectivity index (χ2n) is 3.97. The van der Waals surface area contributed by atoms with E-state index >= 15 is 0 Å². The van der Waals surface area contributed by atoms with Crippen LogP contribution in [0.5, 0.6) is 5.75 Å². The van der Waals surface area contributed by atoms with E-state index in [1.165, 1.54) is 37.4 Å². The van der Waals surface area contributed by atoms with Crippen LogP contribution in [0.15, 0.2) is 41.3 Å². The number of hydrogen-bond acceptors (Lipinski definition) is 3. The molecule has 0 aliphatic heterocycles. The number of ether oxygens (including phenoxy) is 1. The Hall–Kier alpha value is -2.08. The van der Waals surface area contributed by atoms with Crippen LogP contribution in [-0.2, 0) is 0 Å². The number of methoxy groups -OCH3 is 1. The number of amides is 1. The largest absolute Gasteiger partial charge is 0.494 e. The first-order valence-corrected chi connectivity index (χ1v) is 6.09. The highest BCUT2D eigenvalue weighted by Crippen LogP contribution is 2.22. The molecule has 0 heterocycles. The summed E-state index contributed by atoms with van der Waals surface area (Å²) in [6.07, 6.45) is 0. The standard InChI is InChI=1S/C14H11F2NO2S/c1-19-12-7-9(3-5-10(12)15)17-14(18)8-2-4-11(16)13(20)6-8/h2-7,20H,1H3,(H,17,18). The van der Waals surface area contributed by atoms with Gasteiger partial charge in [-0.15, -0.1) is 12.6 Å². The van der Waals surface area contributed by atoms with Gasteiger partial charge in [-0.1, -0.05) is 0 Å². The zero-order chi connectivity index (χ0) is 14.7. The molecule has 0 unspecified atom stereocenters. The predicted octanol–water partition coefficient (Wildman–Crippen LogP) is 3.51. The SMILES string of the molecule is COc1cc(NC(=O)c2ccc(F)c(S)c2)ccc1F. The summed E-state index contributed by atoms with van der Waals surface area (Å²) in [5.41, 5.74) is 0.623. The van der Waals surface area contributed by atoms with Gasteiger partial charge in [0.05, 0.1) is 7.11 Å². The topological polar surface area (TPSA) is 38.3 Å². The number of anilines is 1. The summed E-state index contributed by atoms with van der Waals surface area (Å²) in [5.74, 6) is -1.45. The predicted molar refractivity (Wildman–Crippen MR) is 74.6 cm³/mol. The molecule has 2 rings (SSSR count). The molecule has 0 radical (unpaired) electrons. The van der Waals surface area contributed by atoms with Gasteiger partial charge in [0.15, 0.2) is 11.6 Å². The molecular weight excluding hydrogens is 284 g/mol. The molecule has 0 aliphatic rings. The maximum absolute atomic E-state index is 13.2. The number of hydrogen-bond donors (Lipinski definition) is 2. The molecule has 0 atom stereocenters. The quantitative estimate of drug-likeness (QED) is 0.850. The molecule has 1 amide bonds. The normalized spacial score (nSPS) is 10.2. The van der Waals surface area contributed by atoms with Crippen molar-refractivity contribution >= 4 is 24.2 Å². The maximum atomic E-state index is 13.2. The highest BCUT2D eigenvalue weighted by molar-refractivity contribution is 7.80. The summed E-state index contributed by atoms with van der Waals surface area (Å²) in [5, 5.41) is 2.56. The maximum Gasteiger partial charge on any atom is 0.255 e. The molecule has 3 nitrogen and oxygen atoms in total. The lowest BCUT2D eigenvalue weighted by atomic mass is 10.2. The molecule has 2 aromatic rings. The van der Waals surface area contributed by atoms with Crippen LogP contribution in [0.1, 0.15) is 10.4 Å². The lowest BCUT2D eigenvalue weighted by molar-refractivity contribution is 0.102. The first-order chi connectivity index (χ1) is 9.51. The number of rotatable bonds is 3. The van der Waals surface area contributed by atoms with E-state index < -0.39 is 17.5 Å². The summed E-state index contributed by atoms with van der Waals surface area (Å²) in [6, 6.07) is 7.75. The van der Waals surface area contributed by atoms with Crippen LogP contribution in [0.2, 0.25) is 0 Å². The number of carbonyl (C=O) groups excluding carboxylic acids is 1. The molecule has 1 N–H and O–H groups in total. The average molecular weight is 295 g/mol. The van der Waals surface area contributed by atoms with Gasteiger partial charge in [-0.25, -0.2) is 8.78 Å². The molecule has 104 valence electrons. The molecule has 0 saturated carbocycles. The van der Waals surface area contributed by atoms with Gasteiger partial charge in [-0.3, -0.25) is 4.79 Å². The average Bonchev–Trinajstić information content (AvgIpc) is 2.43. The van der Waals surface area contributed by atoms with Gasteiger partial charge in [0.1, 0.15) is 5.82 Å². The third-order valence-electron chi connectivity index (χ3n) is 2.62. The monoisotopic (exact) mass is 295 g/mol. The van der Waals surface area contributed by atoms with Gasteiger partial charge in [0.2, 0.25) is 0 Å². The van der Waals surface area contributed by atoms with E-state index in [9.17, 15) is 13.6 Å². The third kappa shape index (κ3) is 3.08. The van der Waals surface area contributed by atoms with E-state index in [2.05, 4.69) is 17.9 Å². The van der Waals surface area contributed by atoms with Crippen LogP contribution < -0.4 is 10.1 Å². The number of carbonyl (C=O) groups is 1. The number of nitrogens with one attached hydrogen (secondary N) is 1. The van der Waals surface area contributed by atoms with E-state index in [0.29, 0.717) is 5.69 Å². The number of halogens is 2. The zero-order valence-corrected chi connectivity index (χ0v) is 11.4. The van der Waals surface area contributed by atoms with Gasteiger partial charge in [-0.05, 0) is 30.3 Å². The number of benzene rings is 2. The van der Waals surface area contributed by atoms with Gasteiger partial charge in [0, 0.05) is 22.2 Å². The fraction of sp³-hybridized carbons (Fsp3) is 0.0714. The van der Waals surface area contributed by atoms with Crippen molar-refractivity contribution in [3.8, 4) is 5.75 Å². The van der Waals surface area contributed by atoms with Gasteiger partial charge >= 0.3 is 0 Å². The minimum Gasteiger partial charge on any atom is -0.494 e. The van der Waals surface area contributed by atoms with Crippen LogP contribution in [0.3, 0.4) is 0 Å². The second kappa shape index (κ2) is 5.92. The lowest BCUT2D eigenvalue weighted by Gasteiger charge is -2.08. The molecule has 0 saturated heterocycles. The summed E-state index contributed by atoms with van der Waals surface area (Å²) in [6.45, 7) is 0. The van der Waals surface area contributed by atoms with E-state index in [1.54, 1.807) is 0 Å². The fourth-order valence-corrected chi connectivity index (χ4v) is 1.81. The van der Waals surface area contributed by atoms with Crippen LogP contribution in [0, 0.1) is 11.6 Å². The smallest absolute Gasteiger partial charge is 0.255 e. The van der Waals surface area contributed by atoms with Crippen LogP contribution in [0.25, 0.3) is 0 Å². The van der Waals surface area contributed by atoms with Crippen molar-refractivity contribution in [3.63, 3.8) is 0 Å². The minimum absolute atomic E-state index is 0.0248. The molecular formula is C14H11F2NO2S. The molecule has 0 fully saturated rings. The Morgan fingerprint density at radius 2 is 1.85 bits per heavy atom. The van der Waals surface area contributed by atoms with E-state index in [0.717, 1.165) is 6.07 Å². The molecule has 0 bridgehead atoms. The van der Waals surface area contributed by atoms with Gasteiger partial charge in [0.25, 0.3) is 5.91 Å². The highest BCUT2D eigenvalue weighted by atomic mass is 32.1. The van der Waals surface area contributed by atoms with Crippen molar-refractivity contribution in [2.24, 2.45) is 0 Å². The molecule has 0 aliphatic carbocycles. The first-order valence-electron chi connectivity index (χ1n) is 5.64. The van der Waals surface area contributed by atoms with Crippen molar-refractivity contribution in [2.45, 2.75) is 4.90 Å². The minimum atomic E-state index is -0.523. The molecule has 0 spiro atoms. The Morgan fingerprint density at radius 1 is 1.15 bits per heavy atom. The van der Waals surface area contributed by atoms with Gasteiger partial charge in [-0.2, -0.15) is 0 Å². The fourth-order valence-electron chi connectivity index (χ4n) is 1.59. The Morgan fingerprint density at radius 3 is 2.50 bits per heavy atom. The van der Waals surface area contributed by atoms with E-state index in [1.807, 2.05) is 0 Å². The Bertz CT molecular complexity index is 662. The van der Waals surface area contributed by atoms with Crippen molar-refractivity contribution in [1.82, 2.24) is 0 Å². The van der Waals surface area contributed by atoms with Crippen LogP contribution in [0.4, 0.5) is 14.5 Å². The Kier molecular flexibility index (Phi) is 4.24. The Balaban J connectivity index is 2.21. The zero-order valence-electron chi connectivity index (χ0n) is 10.5. The van der Waals surface area contributed by atoms with Crippen LogP contribution in [-0.4, -0.2) is 13.0 Å². The van der Waals surface area contributed by atoms with E-state index in [-0.39, 0.29) is 16.2 Å². The summed E-state index contributed by atoms with van der Waals surface area (Å²) < 4.78 is 31.1. The molecule has 0 aromatic heterocycles. The Labute approximate surface area is 120 Å². The first kappa shape index (κ1) is 14.3. The van der Waals surface area contributed by atoms with Crippen molar-refractivity contribution in [2.75, 3.05) is 12.4 Å². The number of thiol groups is 1. The summed E-state index contributed by atoms with van der Waals surface area (Å²) in [4.78, 5) is 12.0. The highest BCUT2D eigenvalue weighted by Gasteiger charge is 2.10. The van der Waals surface area contributed by atoms with Crippen molar-refractivity contribution < 1.29 is 18.3 Å². The van der Waals surface area contributed by atoms with Crippen molar-refractivity contribution in [1.29, 1.82) is 0 Å². The molecule has 2 aromatic carbocycles. The summed E-state index contributed by atoms with van der Waals surface area (Å²) in [7, 11) is 1.33. The lowest BCUT2D eigenvalue weighted by Crippen LogP contribution is -2.12. The van der Waals surface area contributed by atoms with Crippen LogP contribution >= 0.6 is 12.6 Å². The third-order valence-corrected chi connectivity index (χ3v) is 2.96. The molecule has 20 heavy (non-hydrogen) atoms. The molecule has 6 heteroatoms. The van der Waals surface area contributed by atoms with E-state index in [4.69, 9.17) is 4.74 Å². The van der Waals surface area contributed by atoms with Gasteiger partial charge < -0.3 is 10.1 Å².